The topological polar surface area (TPSA) is 54.0 Å². The highest BCUT2D eigenvalue weighted by atomic mass is 15.1. The first-order chi connectivity index (χ1) is 6.74. The molecule has 0 atom stereocenters. The van der Waals surface area contributed by atoms with Crippen molar-refractivity contribution in [1.29, 1.82) is 5.26 Å². The molecule has 14 heavy (non-hydrogen) atoms. The van der Waals surface area contributed by atoms with Crippen molar-refractivity contribution in [3.05, 3.63) is 29.8 Å². The van der Waals surface area contributed by atoms with Gasteiger partial charge in [-0.1, -0.05) is 13.8 Å². The number of hydrogen-bond donors (Lipinski definition) is 0. The normalized spacial score (nSPS) is 10.7. The van der Waals surface area contributed by atoms with Gasteiger partial charge in [0.2, 0.25) is 5.78 Å². The lowest BCUT2D eigenvalue weighted by Gasteiger charge is -2.09. The van der Waals surface area contributed by atoms with Crippen molar-refractivity contribution in [2.45, 2.75) is 19.8 Å². The Kier molecular flexibility index (Phi) is 1.93. The molecule has 4 heteroatoms. The van der Waals surface area contributed by atoms with Gasteiger partial charge in [0.1, 0.15) is 6.07 Å². The maximum Gasteiger partial charge on any atom is 0.233 e. The molecule has 0 N–H and O–H groups in total. The highest BCUT2D eigenvalue weighted by molar-refractivity contribution is 5.41. The van der Waals surface area contributed by atoms with E-state index in [1.54, 1.807) is 12.4 Å². The van der Waals surface area contributed by atoms with Gasteiger partial charge in [0.15, 0.2) is 0 Å². The summed E-state index contributed by atoms with van der Waals surface area (Å²) in [5.74, 6) is 0.928. The fourth-order valence-corrected chi connectivity index (χ4v) is 1.57. The Bertz CT molecular complexity index is 504. The van der Waals surface area contributed by atoms with Crippen LogP contribution in [0.1, 0.15) is 31.0 Å². The molecule has 0 fully saturated rings. The summed E-state index contributed by atoms with van der Waals surface area (Å²) >= 11 is 0. The number of rotatable bonds is 1. The van der Waals surface area contributed by atoms with Crippen LogP contribution in [0.2, 0.25) is 0 Å². The molecule has 0 aliphatic heterocycles. The molecule has 0 unspecified atom stereocenters. The van der Waals surface area contributed by atoms with Gasteiger partial charge in [0.25, 0.3) is 0 Å². The Morgan fingerprint density at radius 1 is 1.43 bits per heavy atom. The van der Waals surface area contributed by atoms with Crippen molar-refractivity contribution < 1.29 is 0 Å². The summed E-state index contributed by atoms with van der Waals surface area (Å²) < 4.78 is 1.86. The predicted molar refractivity (Wildman–Crippen MR) is 51.8 cm³/mol. The quantitative estimate of drug-likeness (QED) is 0.681. The molecular formula is C10H10N4. The van der Waals surface area contributed by atoms with Crippen molar-refractivity contribution in [2.24, 2.45) is 0 Å². The average molecular weight is 186 g/mol. The molecule has 2 aromatic rings. The van der Waals surface area contributed by atoms with Gasteiger partial charge in [0, 0.05) is 18.1 Å². The highest BCUT2D eigenvalue weighted by Crippen LogP contribution is 2.18. The van der Waals surface area contributed by atoms with E-state index in [0.29, 0.717) is 11.3 Å². The van der Waals surface area contributed by atoms with Crippen molar-refractivity contribution in [3.63, 3.8) is 0 Å². The summed E-state index contributed by atoms with van der Waals surface area (Å²) in [5, 5.41) is 8.94. The summed E-state index contributed by atoms with van der Waals surface area (Å²) in [7, 11) is 0. The lowest BCUT2D eigenvalue weighted by atomic mass is 10.1. The van der Waals surface area contributed by atoms with Crippen molar-refractivity contribution >= 4 is 5.78 Å². The molecule has 2 rings (SSSR count). The Hall–Kier alpha value is -1.89. The second-order valence-corrected chi connectivity index (χ2v) is 3.42. The fourth-order valence-electron chi connectivity index (χ4n) is 1.57. The van der Waals surface area contributed by atoms with Gasteiger partial charge in [-0.3, -0.25) is 4.40 Å². The lowest BCUT2D eigenvalue weighted by Crippen LogP contribution is -2.03. The van der Waals surface area contributed by atoms with Gasteiger partial charge in [-0.15, -0.1) is 0 Å². The zero-order valence-corrected chi connectivity index (χ0v) is 8.10. The number of nitriles is 1. The van der Waals surface area contributed by atoms with E-state index in [-0.39, 0.29) is 5.92 Å². The number of imidazole rings is 1. The summed E-state index contributed by atoms with van der Waals surface area (Å²) in [6, 6.07) is 2.15. The molecule has 0 aromatic carbocycles. The molecule has 2 aromatic heterocycles. The van der Waals surface area contributed by atoms with E-state index < -0.39 is 0 Å². The molecule has 0 aliphatic carbocycles. The third kappa shape index (κ3) is 1.14. The Balaban J connectivity index is 2.84. The lowest BCUT2D eigenvalue weighted by molar-refractivity contribution is 0.789. The molecule has 0 radical (unpaired) electrons. The minimum absolute atomic E-state index is 0.282. The molecule has 0 amide bonds. The van der Waals surface area contributed by atoms with Gasteiger partial charge >= 0.3 is 0 Å². The second kappa shape index (κ2) is 3.11. The van der Waals surface area contributed by atoms with E-state index in [1.165, 1.54) is 0 Å². The van der Waals surface area contributed by atoms with Crippen molar-refractivity contribution in [1.82, 2.24) is 14.4 Å². The number of nitrogens with zero attached hydrogens (tertiary/aromatic N) is 4. The second-order valence-electron chi connectivity index (χ2n) is 3.42. The van der Waals surface area contributed by atoms with E-state index in [4.69, 9.17) is 5.26 Å². The molecule has 0 spiro atoms. The molecule has 2 heterocycles. The summed E-state index contributed by atoms with van der Waals surface area (Å²) in [6.45, 7) is 4.10. The number of aromatic nitrogens is 3. The standard InChI is InChI=1S/C10H10N4/c1-7(2)9-8(5-11)6-13-10-12-3-4-14(9)10/h3-4,6-7H,1-2H3. The van der Waals surface area contributed by atoms with E-state index in [9.17, 15) is 0 Å². The maximum atomic E-state index is 8.94. The molecule has 0 aliphatic rings. The predicted octanol–water partition coefficient (Wildman–Crippen LogP) is 1.72. The van der Waals surface area contributed by atoms with Crippen molar-refractivity contribution in [2.75, 3.05) is 0 Å². The van der Waals surface area contributed by atoms with Gasteiger partial charge in [-0.2, -0.15) is 5.26 Å². The monoisotopic (exact) mass is 186 g/mol. The van der Waals surface area contributed by atoms with Crippen LogP contribution in [-0.4, -0.2) is 14.4 Å². The number of hydrogen-bond acceptors (Lipinski definition) is 3. The first-order valence-electron chi connectivity index (χ1n) is 4.46. The summed E-state index contributed by atoms with van der Waals surface area (Å²) in [4.78, 5) is 8.16. The van der Waals surface area contributed by atoms with Crippen LogP contribution < -0.4 is 0 Å². The fraction of sp³-hybridized carbons (Fsp3) is 0.300. The smallest absolute Gasteiger partial charge is 0.233 e. The van der Waals surface area contributed by atoms with Crippen LogP contribution in [0.3, 0.4) is 0 Å². The molecule has 0 saturated carbocycles. The molecule has 0 bridgehead atoms. The zero-order valence-electron chi connectivity index (χ0n) is 8.10. The highest BCUT2D eigenvalue weighted by Gasteiger charge is 2.11. The van der Waals surface area contributed by atoms with E-state index in [0.717, 1.165) is 5.69 Å². The van der Waals surface area contributed by atoms with Crippen LogP contribution in [0, 0.1) is 11.3 Å². The van der Waals surface area contributed by atoms with Crippen LogP contribution in [0.5, 0.6) is 0 Å². The average Bonchev–Trinajstić information content (AvgIpc) is 2.62. The van der Waals surface area contributed by atoms with Gasteiger partial charge in [0.05, 0.1) is 11.8 Å². The third-order valence-corrected chi connectivity index (χ3v) is 2.13. The molecule has 4 nitrogen and oxygen atoms in total. The molecule has 70 valence electrons. The molecular weight excluding hydrogens is 176 g/mol. The van der Waals surface area contributed by atoms with Crippen LogP contribution in [0.4, 0.5) is 0 Å². The van der Waals surface area contributed by atoms with Crippen LogP contribution in [0.15, 0.2) is 18.6 Å². The van der Waals surface area contributed by atoms with Crippen LogP contribution >= 0.6 is 0 Å². The van der Waals surface area contributed by atoms with Crippen LogP contribution in [0.25, 0.3) is 5.78 Å². The Morgan fingerprint density at radius 3 is 2.86 bits per heavy atom. The van der Waals surface area contributed by atoms with E-state index in [1.807, 2.05) is 10.6 Å². The SMILES string of the molecule is CC(C)c1c(C#N)cnc2nccn12. The molecule has 0 saturated heterocycles. The third-order valence-electron chi connectivity index (χ3n) is 2.13. The zero-order chi connectivity index (χ0) is 10.1. The maximum absolute atomic E-state index is 8.94. The van der Waals surface area contributed by atoms with Gasteiger partial charge < -0.3 is 0 Å². The van der Waals surface area contributed by atoms with E-state index in [2.05, 4.69) is 29.9 Å². The Labute approximate surface area is 81.8 Å². The first-order valence-corrected chi connectivity index (χ1v) is 4.46. The van der Waals surface area contributed by atoms with Gasteiger partial charge in [-0.25, -0.2) is 9.97 Å². The summed E-state index contributed by atoms with van der Waals surface area (Å²) in [6.07, 6.45) is 5.10. The van der Waals surface area contributed by atoms with Gasteiger partial charge in [-0.05, 0) is 5.92 Å². The largest absolute Gasteiger partial charge is 0.287 e. The summed E-state index contributed by atoms with van der Waals surface area (Å²) in [5.41, 5.74) is 1.58. The van der Waals surface area contributed by atoms with Crippen molar-refractivity contribution in [3.8, 4) is 6.07 Å². The number of fused-ring (bicyclic) bond motifs is 1. The van der Waals surface area contributed by atoms with Crippen LogP contribution in [-0.2, 0) is 0 Å². The Morgan fingerprint density at radius 2 is 2.21 bits per heavy atom. The minimum atomic E-state index is 0.282. The van der Waals surface area contributed by atoms with E-state index >= 15 is 0 Å². The minimum Gasteiger partial charge on any atom is -0.287 e. The first kappa shape index (κ1) is 8.70.